The summed E-state index contributed by atoms with van der Waals surface area (Å²) in [7, 11) is 3.06. The maximum atomic E-state index is 13.5. The number of amides is 1. The number of fused-ring (bicyclic) bond motifs is 1. The number of hydrogen-bond acceptors (Lipinski definition) is 9. The van der Waals surface area contributed by atoms with E-state index in [1.807, 2.05) is 0 Å². The topological polar surface area (TPSA) is 113 Å². The summed E-state index contributed by atoms with van der Waals surface area (Å²) >= 11 is 1.32. The zero-order valence-electron chi connectivity index (χ0n) is 21.4. The van der Waals surface area contributed by atoms with Crippen molar-refractivity contribution in [2.75, 3.05) is 19.5 Å². The van der Waals surface area contributed by atoms with Crippen LogP contribution >= 0.6 is 11.3 Å². The molecule has 2 aromatic heterocycles. The maximum Gasteiger partial charge on any atom is 0.267 e. The van der Waals surface area contributed by atoms with Crippen molar-refractivity contribution in [3.05, 3.63) is 57.7 Å². The first-order valence-corrected chi connectivity index (χ1v) is 12.7. The van der Waals surface area contributed by atoms with E-state index < -0.39 is 12.0 Å². The lowest BCUT2D eigenvalue weighted by Crippen LogP contribution is -2.34. The Morgan fingerprint density at radius 3 is 2.54 bits per heavy atom. The summed E-state index contributed by atoms with van der Waals surface area (Å²) in [4.78, 5) is 26.7. The average Bonchev–Trinajstić information content (AvgIpc) is 3.33. The number of carbonyl (C=O) groups excluding carboxylic acids is 1. The zero-order valence-corrected chi connectivity index (χ0v) is 22.2. The lowest BCUT2D eigenvalue weighted by atomic mass is 10.1. The molecule has 0 spiro atoms. The van der Waals surface area contributed by atoms with Crippen LogP contribution in [0.2, 0.25) is 0 Å². The molecule has 0 radical (unpaired) electrons. The van der Waals surface area contributed by atoms with Gasteiger partial charge in [-0.3, -0.25) is 14.9 Å². The molecule has 10 heteroatoms. The predicted molar refractivity (Wildman–Crippen MR) is 143 cm³/mol. The van der Waals surface area contributed by atoms with Crippen LogP contribution in [0.1, 0.15) is 32.2 Å². The third kappa shape index (κ3) is 5.75. The molecule has 2 heterocycles. The number of rotatable bonds is 10. The van der Waals surface area contributed by atoms with Crippen LogP contribution in [-0.4, -0.2) is 36.4 Å². The van der Waals surface area contributed by atoms with E-state index >= 15 is 0 Å². The monoisotopic (exact) mass is 523 g/mol. The molecule has 194 valence electrons. The van der Waals surface area contributed by atoms with E-state index in [0.717, 1.165) is 11.4 Å². The molecule has 1 N–H and O–H groups in total. The van der Waals surface area contributed by atoms with Crippen molar-refractivity contribution in [3.8, 4) is 28.6 Å². The third-order valence-corrected chi connectivity index (χ3v) is 6.47. The Bertz CT molecular complexity index is 1460. The van der Waals surface area contributed by atoms with Crippen molar-refractivity contribution in [2.24, 2.45) is 5.92 Å². The van der Waals surface area contributed by atoms with Gasteiger partial charge >= 0.3 is 0 Å². The van der Waals surface area contributed by atoms with E-state index in [1.165, 1.54) is 25.6 Å². The Kier molecular flexibility index (Phi) is 8.08. The molecule has 0 saturated carbocycles. The van der Waals surface area contributed by atoms with Crippen molar-refractivity contribution in [1.82, 2.24) is 10.2 Å². The van der Waals surface area contributed by atoms with Gasteiger partial charge in [-0.05, 0) is 42.7 Å². The van der Waals surface area contributed by atoms with Gasteiger partial charge in [0.2, 0.25) is 16.3 Å². The molecular weight excluding hydrogens is 494 g/mol. The van der Waals surface area contributed by atoms with Crippen LogP contribution in [-0.2, 0) is 11.2 Å². The number of nitrogens with zero attached hydrogens (tertiary/aromatic N) is 2. The summed E-state index contributed by atoms with van der Waals surface area (Å²) in [6, 6.07) is 12.0. The first kappa shape index (κ1) is 26.2. The Hall–Kier alpha value is -3.92. The summed E-state index contributed by atoms with van der Waals surface area (Å²) in [6.07, 6.45) is 0.107. The Balaban J connectivity index is 1.72. The standard InChI is InChI=1S/C27H29N3O6S/c1-6-18(26(32)28-27-30-29-22(37-27)13-15(2)3)35-25-23(31)17-9-7-8-10-19(17)36-24(25)16-11-12-20(33-4)21(14-16)34-5/h7-12,14-15,18H,6,13H2,1-5H3,(H,28,30,32). The fourth-order valence-corrected chi connectivity index (χ4v) is 4.74. The van der Waals surface area contributed by atoms with Gasteiger partial charge in [-0.15, -0.1) is 10.2 Å². The highest BCUT2D eigenvalue weighted by Crippen LogP contribution is 2.37. The molecule has 0 aliphatic rings. The van der Waals surface area contributed by atoms with Crippen LogP contribution in [0.3, 0.4) is 0 Å². The first-order chi connectivity index (χ1) is 17.8. The summed E-state index contributed by atoms with van der Waals surface area (Å²) in [6.45, 7) is 5.98. The molecule has 2 aromatic carbocycles. The van der Waals surface area contributed by atoms with E-state index in [1.54, 1.807) is 49.4 Å². The molecule has 0 saturated heterocycles. The van der Waals surface area contributed by atoms with Crippen LogP contribution in [0.4, 0.5) is 5.13 Å². The highest BCUT2D eigenvalue weighted by atomic mass is 32.1. The van der Waals surface area contributed by atoms with Crippen molar-refractivity contribution in [2.45, 2.75) is 39.7 Å². The highest BCUT2D eigenvalue weighted by Gasteiger charge is 2.26. The molecule has 0 bridgehead atoms. The molecule has 1 unspecified atom stereocenters. The second kappa shape index (κ2) is 11.4. The molecule has 1 amide bonds. The summed E-state index contributed by atoms with van der Waals surface area (Å²) in [5.74, 6) is 1.10. The Morgan fingerprint density at radius 1 is 1.08 bits per heavy atom. The van der Waals surface area contributed by atoms with Crippen molar-refractivity contribution in [1.29, 1.82) is 0 Å². The van der Waals surface area contributed by atoms with Gasteiger partial charge in [0.1, 0.15) is 10.6 Å². The van der Waals surface area contributed by atoms with Crippen LogP contribution in [0.25, 0.3) is 22.3 Å². The Morgan fingerprint density at radius 2 is 1.84 bits per heavy atom. The van der Waals surface area contributed by atoms with Crippen LogP contribution in [0, 0.1) is 5.92 Å². The minimum atomic E-state index is -0.972. The van der Waals surface area contributed by atoms with E-state index in [9.17, 15) is 9.59 Å². The molecular formula is C27H29N3O6S. The molecule has 37 heavy (non-hydrogen) atoms. The number of aromatic nitrogens is 2. The first-order valence-electron chi connectivity index (χ1n) is 11.9. The molecule has 0 aliphatic carbocycles. The van der Waals surface area contributed by atoms with Gasteiger partial charge in [-0.1, -0.05) is 44.2 Å². The van der Waals surface area contributed by atoms with Crippen molar-refractivity contribution < 1.29 is 23.4 Å². The van der Waals surface area contributed by atoms with Crippen LogP contribution in [0.15, 0.2) is 51.7 Å². The molecule has 1 atom stereocenters. The fraction of sp³-hybridized carbons (Fsp3) is 0.333. The summed E-state index contributed by atoms with van der Waals surface area (Å²) < 4.78 is 23.0. The predicted octanol–water partition coefficient (Wildman–Crippen LogP) is 5.32. The molecule has 4 aromatic rings. The molecule has 4 rings (SSSR count). The van der Waals surface area contributed by atoms with E-state index in [2.05, 4.69) is 29.4 Å². The number of anilines is 1. The van der Waals surface area contributed by atoms with Gasteiger partial charge in [0.05, 0.1) is 19.6 Å². The number of methoxy groups -OCH3 is 2. The SMILES string of the molecule is CCC(Oc1c(-c2ccc(OC)c(OC)c2)oc2ccccc2c1=O)C(=O)Nc1nnc(CC(C)C)s1. The molecule has 9 nitrogen and oxygen atoms in total. The van der Waals surface area contributed by atoms with Gasteiger partial charge in [0, 0.05) is 12.0 Å². The minimum Gasteiger partial charge on any atom is -0.493 e. The average molecular weight is 524 g/mol. The van der Waals surface area contributed by atoms with E-state index in [0.29, 0.717) is 45.5 Å². The van der Waals surface area contributed by atoms with Crippen LogP contribution in [0.5, 0.6) is 17.2 Å². The quantitative estimate of drug-likeness (QED) is 0.297. The van der Waals surface area contributed by atoms with E-state index in [-0.39, 0.29) is 16.9 Å². The Labute approximate surface area is 218 Å². The number of benzene rings is 2. The number of ether oxygens (including phenoxy) is 3. The van der Waals surface area contributed by atoms with E-state index in [4.69, 9.17) is 18.6 Å². The van der Waals surface area contributed by atoms with Gasteiger partial charge < -0.3 is 18.6 Å². The minimum absolute atomic E-state index is 0.0642. The van der Waals surface area contributed by atoms with Gasteiger partial charge in [-0.25, -0.2) is 0 Å². The molecule has 0 aliphatic heterocycles. The zero-order chi connectivity index (χ0) is 26.5. The smallest absolute Gasteiger partial charge is 0.267 e. The second-order valence-electron chi connectivity index (χ2n) is 8.76. The lowest BCUT2D eigenvalue weighted by Gasteiger charge is -2.18. The number of para-hydroxylation sites is 1. The number of nitrogens with one attached hydrogen (secondary N) is 1. The largest absolute Gasteiger partial charge is 0.493 e. The molecule has 0 fully saturated rings. The lowest BCUT2D eigenvalue weighted by molar-refractivity contribution is -0.122. The normalized spacial score (nSPS) is 11.9. The van der Waals surface area contributed by atoms with Gasteiger partial charge in [-0.2, -0.15) is 0 Å². The van der Waals surface area contributed by atoms with Crippen molar-refractivity contribution >= 4 is 33.3 Å². The number of hydrogen-bond donors (Lipinski definition) is 1. The third-order valence-electron chi connectivity index (χ3n) is 5.61. The second-order valence-corrected chi connectivity index (χ2v) is 9.82. The fourth-order valence-electron chi connectivity index (χ4n) is 3.79. The maximum absolute atomic E-state index is 13.5. The van der Waals surface area contributed by atoms with Crippen molar-refractivity contribution in [3.63, 3.8) is 0 Å². The van der Waals surface area contributed by atoms with Gasteiger partial charge in [0.25, 0.3) is 5.91 Å². The van der Waals surface area contributed by atoms with Gasteiger partial charge in [0.15, 0.2) is 23.4 Å². The summed E-state index contributed by atoms with van der Waals surface area (Å²) in [5.41, 5.74) is 0.551. The van der Waals surface area contributed by atoms with Crippen LogP contribution < -0.4 is 25.0 Å². The summed E-state index contributed by atoms with van der Waals surface area (Å²) in [5, 5.41) is 12.5. The highest BCUT2D eigenvalue weighted by molar-refractivity contribution is 7.15. The number of carbonyl (C=O) groups is 1.